The Morgan fingerprint density at radius 1 is 0.980 bits per heavy atom. The van der Waals surface area contributed by atoms with Crippen molar-refractivity contribution in [3.05, 3.63) is 72.6 Å². The second-order valence-corrected chi connectivity index (χ2v) is 12.6. The van der Waals surface area contributed by atoms with E-state index in [-0.39, 0.29) is 17.7 Å². The van der Waals surface area contributed by atoms with E-state index in [2.05, 4.69) is 43.4 Å². The van der Waals surface area contributed by atoms with Crippen LogP contribution in [0.4, 0.5) is 5.82 Å². The molecule has 1 fully saturated rings. The second-order valence-electron chi connectivity index (χ2n) is 12.6. The van der Waals surface area contributed by atoms with E-state index in [4.69, 9.17) is 14.5 Å². The molecular formula is C37H41N9O4. The zero-order chi connectivity index (χ0) is 34.8. The van der Waals surface area contributed by atoms with Gasteiger partial charge in [-0.1, -0.05) is 30.3 Å². The third-order valence-electron chi connectivity index (χ3n) is 9.56. The van der Waals surface area contributed by atoms with Gasteiger partial charge in [-0.3, -0.25) is 29.2 Å². The van der Waals surface area contributed by atoms with Gasteiger partial charge in [-0.2, -0.15) is 10.2 Å². The number of hydrogen-bond acceptors (Lipinski definition) is 9. The fourth-order valence-electron chi connectivity index (χ4n) is 6.81. The van der Waals surface area contributed by atoms with E-state index < -0.39 is 0 Å². The Morgan fingerprint density at radius 2 is 1.76 bits per heavy atom. The number of ether oxygens (including phenoxy) is 2. The van der Waals surface area contributed by atoms with Crippen molar-refractivity contribution in [1.82, 2.24) is 39.7 Å². The third-order valence-corrected chi connectivity index (χ3v) is 9.56. The lowest BCUT2D eigenvalue weighted by Gasteiger charge is -2.29. The number of H-pyrrole nitrogens is 1. The smallest absolute Gasteiger partial charge is 0.237 e. The summed E-state index contributed by atoms with van der Waals surface area (Å²) in [5, 5.41) is 11.9. The van der Waals surface area contributed by atoms with Crippen molar-refractivity contribution in [1.29, 1.82) is 0 Å². The lowest BCUT2D eigenvalue weighted by molar-refractivity contribution is -0.132. The molecule has 5 aromatic rings. The van der Waals surface area contributed by atoms with E-state index >= 15 is 0 Å². The first-order chi connectivity index (χ1) is 24.3. The summed E-state index contributed by atoms with van der Waals surface area (Å²) in [5.41, 5.74) is 6.27. The van der Waals surface area contributed by atoms with Crippen molar-refractivity contribution < 1.29 is 19.1 Å². The summed E-state index contributed by atoms with van der Waals surface area (Å²) in [7, 11) is 5.04. The van der Waals surface area contributed by atoms with Gasteiger partial charge < -0.3 is 14.4 Å². The zero-order valence-corrected chi connectivity index (χ0v) is 28.8. The van der Waals surface area contributed by atoms with Gasteiger partial charge in [0.2, 0.25) is 11.8 Å². The summed E-state index contributed by atoms with van der Waals surface area (Å²) in [4.78, 5) is 42.2. The average molecular weight is 676 g/mol. The van der Waals surface area contributed by atoms with Gasteiger partial charge in [0.15, 0.2) is 17.3 Å². The van der Waals surface area contributed by atoms with Gasteiger partial charge in [0.25, 0.3) is 0 Å². The van der Waals surface area contributed by atoms with Gasteiger partial charge >= 0.3 is 0 Å². The van der Waals surface area contributed by atoms with Crippen molar-refractivity contribution in [2.75, 3.05) is 58.4 Å². The number of hydrogen-bond donors (Lipinski definition) is 1. The molecule has 7 rings (SSSR count). The first-order valence-corrected chi connectivity index (χ1v) is 16.9. The predicted molar refractivity (Wildman–Crippen MR) is 191 cm³/mol. The molecule has 0 spiro atoms. The van der Waals surface area contributed by atoms with Crippen LogP contribution in [0, 0.1) is 5.92 Å². The number of aromatic nitrogens is 6. The largest absolute Gasteiger partial charge is 0.493 e. The minimum absolute atomic E-state index is 0.0147. The third kappa shape index (κ3) is 6.56. The van der Waals surface area contributed by atoms with Crippen LogP contribution >= 0.6 is 0 Å². The molecule has 5 heterocycles. The molecule has 13 heteroatoms. The van der Waals surface area contributed by atoms with Crippen molar-refractivity contribution in [2.45, 2.75) is 19.8 Å². The van der Waals surface area contributed by atoms with Crippen molar-refractivity contribution in [2.24, 2.45) is 13.0 Å². The van der Waals surface area contributed by atoms with Crippen molar-refractivity contribution >= 4 is 34.2 Å². The highest BCUT2D eigenvalue weighted by atomic mass is 16.5. The van der Waals surface area contributed by atoms with Crippen molar-refractivity contribution in [3.8, 4) is 34.1 Å². The number of nitrogens with one attached hydrogen (secondary N) is 1. The lowest BCUT2D eigenvalue weighted by atomic mass is 9.98. The number of amides is 2. The Kier molecular flexibility index (Phi) is 9.31. The van der Waals surface area contributed by atoms with Gasteiger partial charge in [0, 0.05) is 44.4 Å². The first kappa shape index (κ1) is 33.0. The summed E-state index contributed by atoms with van der Waals surface area (Å²) >= 11 is 0. The number of methoxy groups -OCH3 is 2. The molecule has 0 unspecified atom stereocenters. The van der Waals surface area contributed by atoms with Crippen LogP contribution < -0.4 is 14.4 Å². The number of carbonyl (C=O) groups is 2. The van der Waals surface area contributed by atoms with Crippen LogP contribution in [0.2, 0.25) is 0 Å². The van der Waals surface area contributed by atoms with E-state index in [0.717, 1.165) is 28.6 Å². The fraction of sp³-hybridized carbons (Fsp3) is 0.351. The van der Waals surface area contributed by atoms with E-state index in [1.807, 2.05) is 61.3 Å². The molecule has 3 aromatic heterocycles. The molecule has 50 heavy (non-hydrogen) atoms. The Labute approximate surface area is 290 Å². The number of nitrogens with zero attached hydrogens (tertiary/aromatic N) is 8. The molecule has 0 saturated carbocycles. The van der Waals surface area contributed by atoms with Gasteiger partial charge in [-0.25, -0.2) is 9.97 Å². The molecule has 2 aliphatic heterocycles. The summed E-state index contributed by atoms with van der Waals surface area (Å²) < 4.78 is 12.6. The second kappa shape index (κ2) is 14.1. The standard InChI is InChI=1S/C37H41N9O4/c1-5-46(32-13-11-29-35(39-32)34(41-40-29)27-10-12-30(49-3)31(20-27)50-4)37(48)28-14-17-44(21-28)22-33(47)45-18-15-25(16-19-45)24-6-8-26(9-7-24)36-38-23-43(2)42-36/h6-13,15,20,23,28H,5,14,16-19,21-22H2,1-4H3,(H,40,41)/t28-/m1/s1. The average Bonchev–Trinajstić information content (AvgIpc) is 3.92. The Hall–Kier alpha value is -5.56. The number of aromatic amines is 1. The van der Waals surface area contributed by atoms with E-state index in [0.29, 0.717) is 80.0 Å². The summed E-state index contributed by atoms with van der Waals surface area (Å²) in [5.74, 6) is 2.38. The molecule has 1 N–H and O–H groups in total. The molecule has 2 aromatic carbocycles. The van der Waals surface area contributed by atoms with E-state index in [1.165, 1.54) is 5.57 Å². The highest BCUT2D eigenvalue weighted by Gasteiger charge is 2.34. The monoisotopic (exact) mass is 675 g/mol. The van der Waals surface area contributed by atoms with Crippen LogP contribution in [-0.4, -0.2) is 105 Å². The molecule has 1 atom stereocenters. The quantitative estimate of drug-likeness (QED) is 0.228. The van der Waals surface area contributed by atoms with Crippen LogP contribution in [0.15, 0.2) is 67.0 Å². The number of benzene rings is 2. The summed E-state index contributed by atoms with van der Waals surface area (Å²) in [6.45, 7) is 5.21. The SMILES string of the molecule is CCN(C(=O)[C@@H]1CCN(CC(=O)N2CC=C(c3ccc(-c4ncn(C)n4)cc3)CC2)C1)c1ccc2[nH]nc(-c3ccc(OC)c(OC)c3)c2n1. The fourth-order valence-corrected chi connectivity index (χ4v) is 6.81. The number of likely N-dealkylation sites (tertiary alicyclic amines) is 1. The maximum absolute atomic E-state index is 13.9. The Balaban J connectivity index is 0.967. The van der Waals surface area contributed by atoms with E-state index in [1.54, 1.807) is 30.1 Å². The lowest BCUT2D eigenvalue weighted by Crippen LogP contribution is -2.42. The Morgan fingerprint density at radius 3 is 2.46 bits per heavy atom. The molecule has 1 saturated heterocycles. The van der Waals surface area contributed by atoms with E-state index in [9.17, 15) is 9.59 Å². The minimum Gasteiger partial charge on any atom is -0.493 e. The van der Waals surface area contributed by atoms with Crippen LogP contribution in [0.25, 0.3) is 39.3 Å². The number of rotatable bonds is 10. The van der Waals surface area contributed by atoms with Gasteiger partial charge in [-0.15, -0.1) is 0 Å². The summed E-state index contributed by atoms with van der Waals surface area (Å²) in [6, 6.07) is 17.6. The molecule has 0 radical (unpaired) electrons. The molecule has 2 aliphatic rings. The van der Waals surface area contributed by atoms with Crippen LogP contribution in [-0.2, 0) is 16.6 Å². The number of aryl methyl sites for hydroxylation is 1. The van der Waals surface area contributed by atoms with Gasteiger partial charge in [0.1, 0.15) is 23.4 Å². The highest BCUT2D eigenvalue weighted by molar-refractivity contribution is 5.97. The van der Waals surface area contributed by atoms with Gasteiger partial charge in [-0.05, 0) is 67.8 Å². The van der Waals surface area contributed by atoms with Crippen LogP contribution in [0.5, 0.6) is 11.5 Å². The number of anilines is 1. The van der Waals surface area contributed by atoms with Crippen LogP contribution in [0.1, 0.15) is 25.3 Å². The summed E-state index contributed by atoms with van der Waals surface area (Å²) in [6.07, 6.45) is 5.32. The number of pyridine rings is 1. The maximum Gasteiger partial charge on any atom is 0.237 e. The first-order valence-electron chi connectivity index (χ1n) is 16.9. The minimum atomic E-state index is -0.216. The molecule has 0 aliphatic carbocycles. The number of carbonyl (C=O) groups excluding carboxylic acids is 2. The normalized spacial score (nSPS) is 16.4. The zero-order valence-electron chi connectivity index (χ0n) is 28.8. The van der Waals surface area contributed by atoms with Gasteiger partial charge in [0.05, 0.1) is 32.2 Å². The van der Waals surface area contributed by atoms with Crippen molar-refractivity contribution in [3.63, 3.8) is 0 Å². The molecule has 258 valence electrons. The molecule has 2 amide bonds. The predicted octanol–water partition coefficient (Wildman–Crippen LogP) is 4.43. The van der Waals surface area contributed by atoms with Crippen LogP contribution in [0.3, 0.4) is 0 Å². The topological polar surface area (TPSA) is 135 Å². The molecular weight excluding hydrogens is 634 g/mol. The number of fused-ring (bicyclic) bond motifs is 1. The molecule has 13 nitrogen and oxygen atoms in total. The maximum atomic E-state index is 13.9. The Bertz CT molecular complexity index is 2050. The molecule has 0 bridgehead atoms. The highest BCUT2D eigenvalue weighted by Crippen LogP contribution is 2.35.